The molecule has 0 fully saturated rings. The van der Waals surface area contributed by atoms with Crippen LogP contribution < -0.4 is 0 Å². The summed E-state index contributed by atoms with van der Waals surface area (Å²) in [7, 11) is 2.86. The van der Waals surface area contributed by atoms with Gasteiger partial charge in [0, 0.05) is 5.16 Å². The summed E-state index contributed by atoms with van der Waals surface area (Å²) in [6.07, 6.45) is 0. The lowest BCUT2D eigenvalue weighted by Crippen LogP contribution is -2.08. The molecule has 0 aliphatic rings. The Kier molecular flexibility index (Phi) is 5.91. The molecule has 1 unspecified atom stereocenters. The molecular formula is C17H21O2P. The summed E-state index contributed by atoms with van der Waals surface area (Å²) in [6, 6.07) is 16.8. The highest BCUT2D eigenvalue weighted by Gasteiger charge is 2.14. The van der Waals surface area contributed by atoms with Gasteiger partial charge in [0.2, 0.25) is 0 Å². The summed E-state index contributed by atoms with van der Waals surface area (Å²) in [5.74, 6) is -0.879. The number of aromatic carboxylic acids is 1. The second kappa shape index (κ2) is 7.21. The zero-order valence-electron chi connectivity index (χ0n) is 12.1. The molecule has 2 rings (SSSR count). The van der Waals surface area contributed by atoms with E-state index in [2.05, 4.69) is 54.3 Å². The summed E-state index contributed by atoms with van der Waals surface area (Å²) in [5.41, 5.74) is 3.11. The number of carboxylic acids is 1. The molecule has 0 saturated heterocycles. The van der Waals surface area contributed by atoms with Crippen molar-refractivity contribution in [3.8, 4) is 0 Å². The number of rotatable bonds is 2. The van der Waals surface area contributed by atoms with Crippen molar-refractivity contribution in [2.75, 3.05) is 0 Å². The normalized spacial score (nSPS) is 10.4. The SMILES string of the molecule is Cc1ccccc1C(C)(C)P.O=C(O)c1ccccc1. The fourth-order valence-electron chi connectivity index (χ4n) is 1.88. The van der Waals surface area contributed by atoms with Gasteiger partial charge in [-0.3, -0.25) is 0 Å². The zero-order chi connectivity index (χ0) is 15.2. The van der Waals surface area contributed by atoms with E-state index in [0.29, 0.717) is 5.56 Å². The van der Waals surface area contributed by atoms with E-state index in [1.54, 1.807) is 30.3 Å². The van der Waals surface area contributed by atoms with Crippen LogP contribution in [0, 0.1) is 6.92 Å². The van der Waals surface area contributed by atoms with Gasteiger partial charge >= 0.3 is 5.97 Å². The van der Waals surface area contributed by atoms with Gasteiger partial charge < -0.3 is 5.11 Å². The third-order valence-corrected chi connectivity index (χ3v) is 3.17. The first-order chi connectivity index (χ1) is 9.32. The van der Waals surface area contributed by atoms with E-state index >= 15 is 0 Å². The standard InChI is InChI=1S/C10H15P.C7H6O2/c1-8-6-4-5-7-9(8)10(2,3)11;8-7(9)6-4-2-1-3-5-6/h4-7H,11H2,1-3H3;1-5H,(H,8,9). The maximum atomic E-state index is 10.2. The monoisotopic (exact) mass is 288 g/mol. The summed E-state index contributed by atoms with van der Waals surface area (Å²) in [5, 5.41) is 8.58. The number of hydrogen-bond donors (Lipinski definition) is 1. The predicted molar refractivity (Wildman–Crippen MR) is 87.3 cm³/mol. The summed E-state index contributed by atoms with van der Waals surface area (Å²) >= 11 is 0. The highest BCUT2D eigenvalue weighted by Crippen LogP contribution is 2.31. The highest BCUT2D eigenvalue weighted by molar-refractivity contribution is 7.18. The van der Waals surface area contributed by atoms with Gasteiger partial charge in [-0.15, -0.1) is 9.24 Å². The molecule has 0 spiro atoms. The molecule has 106 valence electrons. The van der Waals surface area contributed by atoms with Gasteiger partial charge in [-0.2, -0.15) is 0 Å². The zero-order valence-corrected chi connectivity index (χ0v) is 13.3. The van der Waals surface area contributed by atoms with Crippen LogP contribution in [-0.4, -0.2) is 11.1 Å². The molecule has 0 aliphatic heterocycles. The fraction of sp³-hybridized carbons (Fsp3) is 0.235. The lowest BCUT2D eigenvalue weighted by atomic mass is 9.97. The third kappa shape index (κ3) is 5.14. The van der Waals surface area contributed by atoms with Gasteiger partial charge in [0.05, 0.1) is 5.56 Å². The average Bonchev–Trinajstić information content (AvgIpc) is 2.39. The number of carbonyl (C=O) groups is 1. The number of benzene rings is 2. The van der Waals surface area contributed by atoms with Crippen LogP contribution in [0.4, 0.5) is 0 Å². The maximum absolute atomic E-state index is 10.2. The maximum Gasteiger partial charge on any atom is 0.335 e. The van der Waals surface area contributed by atoms with Gasteiger partial charge in [0.15, 0.2) is 0 Å². The Morgan fingerprint density at radius 3 is 1.85 bits per heavy atom. The molecule has 3 heteroatoms. The van der Waals surface area contributed by atoms with Crippen molar-refractivity contribution in [1.82, 2.24) is 0 Å². The van der Waals surface area contributed by atoms with E-state index in [-0.39, 0.29) is 5.16 Å². The molecule has 0 saturated carbocycles. The fourth-order valence-corrected chi connectivity index (χ4v) is 2.20. The van der Waals surface area contributed by atoms with Crippen LogP contribution >= 0.6 is 9.24 Å². The molecule has 0 amide bonds. The Hall–Kier alpha value is -1.66. The largest absolute Gasteiger partial charge is 0.478 e. The van der Waals surface area contributed by atoms with Crippen molar-refractivity contribution in [3.63, 3.8) is 0 Å². The molecule has 1 atom stereocenters. The third-order valence-electron chi connectivity index (χ3n) is 2.86. The molecule has 20 heavy (non-hydrogen) atoms. The molecule has 2 aromatic rings. The van der Waals surface area contributed by atoms with Crippen LogP contribution in [0.15, 0.2) is 54.6 Å². The van der Waals surface area contributed by atoms with Crippen molar-refractivity contribution >= 4 is 15.2 Å². The Bertz CT molecular complexity index is 557. The second-order valence-electron chi connectivity index (χ2n) is 5.21. The minimum Gasteiger partial charge on any atom is -0.478 e. The first-order valence-electron chi connectivity index (χ1n) is 6.45. The first kappa shape index (κ1) is 16.4. The minimum absolute atomic E-state index is 0.200. The average molecular weight is 288 g/mol. The number of aryl methyl sites for hydroxylation is 1. The van der Waals surface area contributed by atoms with Crippen molar-refractivity contribution in [2.45, 2.75) is 25.9 Å². The van der Waals surface area contributed by atoms with Crippen LogP contribution in [0.3, 0.4) is 0 Å². The molecule has 0 bridgehead atoms. The topological polar surface area (TPSA) is 37.3 Å². The Morgan fingerprint density at radius 2 is 1.50 bits per heavy atom. The quantitative estimate of drug-likeness (QED) is 0.827. The summed E-state index contributed by atoms with van der Waals surface area (Å²) in [6.45, 7) is 6.57. The van der Waals surface area contributed by atoms with Crippen molar-refractivity contribution in [1.29, 1.82) is 0 Å². The number of carboxylic acid groups (broad SMARTS) is 1. The minimum atomic E-state index is -0.879. The molecule has 0 aliphatic carbocycles. The van der Waals surface area contributed by atoms with Gasteiger partial charge in [-0.05, 0) is 30.2 Å². The van der Waals surface area contributed by atoms with Crippen LogP contribution in [0.2, 0.25) is 0 Å². The van der Waals surface area contributed by atoms with E-state index < -0.39 is 5.97 Å². The summed E-state index contributed by atoms with van der Waals surface area (Å²) < 4.78 is 0. The molecule has 0 aromatic heterocycles. The Labute approximate surface area is 123 Å². The van der Waals surface area contributed by atoms with E-state index in [1.165, 1.54) is 11.1 Å². The highest BCUT2D eigenvalue weighted by atomic mass is 31.0. The van der Waals surface area contributed by atoms with Gasteiger partial charge in [0.1, 0.15) is 0 Å². The Morgan fingerprint density at radius 1 is 1.00 bits per heavy atom. The van der Waals surface area contributed by atoms with E-state index in [4.69, 9.17) is 5.11 Å². The molecule has 2 aromatic carbocycles. The lowest BCUT2D eigenvalue weighted by Gasteiger charge is -2.20. The van der Waals surface area contributed by atoms with Crippen molar-refractivity contribution < 1.29 is 9.90 Å². The molecule has 1 N–H and O–H groups in total. The van der Waals surface area contributed by atoms with Gasteiger partial charge in [-0.1, -0.05) is 56.3 Å². The van der Waals surface area contributed by atoms with Crippen LogP contribution in [0.5, 0.6) is 0 Å². The van der Waals surface area contributed by atoms with E-state index in [0.717, 1.165) is 0 Å². The van der Waals surface area contributed by atoms with Crippen molar-refractivity contribution in [3.05, 3.63) is 71.3 Å². The summed E-state index contributed by atoms with van der Waals surface area (Å²) in [4.78, 5) is 10.2. The van der Waals surface area contributed by atoms with Crippen LogP contribution in [-0.2, 0) is 5.16 Å². The lowest BCUT2D eigenvalue weighted by molar-refractivity contribution is 0.0697. The smallest absolute Gasteiger partial charge is 0.335 e. The van der Waals surface area contributed by atoms with E-state index in [1.807, 2.05) is 0 Å². The predicted octanol–water partition coefficient (Wildman–Crippen LogP) is 4.49. The van der Waals surface area contributed by atoms with Crippen LogP contribution in [0.1, 0.15) is 35.3 Å². The molecule has 0 radical (unpaired) electrons. The number of hydrogen-bond acceptors (Lipinski definition) is 1. The molecule has 0 heterocycles. The van der Waals surface area contributed by atoms with Crippen LogP contribution in [0.25, 0.3) is 0 Å². The first-order valence-corrected chi connectivity index (χ1v) is 7.03. The molecular weight excluding hydrogens is 267 g/mol. The van der Waals surface area contributed by atoms with E-state index in [9.17, 15) is 4.79 Å². The second-order valence-corrected chi connectivity index (χ2v) is 6.65. The Balaban J connectivity index is 0.000000204. The molecule has 2 nitrogen and oxygen atoms in total. The van der Waals surface area contributed by atoms with Gasteiger partial charge in [0.25, 0.3) is 0 Å². The van der Waals surface area contributed by atoms with Gasteiger partial charge in [-0.25, -0.2) is 4.79 Å². The van der Waals surface area contributed by atoms with Crippen molar-refractivity contribution in [2.24, 2.45) is 0 Å².